The fourth-order valence-electron chi connectivity index (χ4n) is 3.15. The topological polar surface area (TPSA) is 61.6 Å². The number of amides is 1. The molecule has 2 heterocycles. The Morgan fingerprint density at radius 1 is 1.36 bits per heavy atom. The molecule has 2 rings (SSSR count). The van der Waals surface area contributed by atoms with Crippen molar-refractivity contribution in [3.8, 4) is 0 Å². The monoisotopic (exact) mass is 308 g/mol. The first kappa shape index (κ1) is 17.0. The molecule has 1 fully saturated rings. The number of aromatic nitrogens is 2. The van der Waals surface area contributed by atoms with E-state index in [4.69, 9.17) is 0 Å². The highest BCUT2D eigenvalue weighted by Crippen LogP contribution is 2.18. The van der Waals surface area contributed by atoms with Gasteiger partial charge in [0, 0.05) is 44.5 Å². The molecule has 1 aromatic rings. The summed E-state index contributed by atoms with van der Waals surface area (Å²) in [7, 11) is 1.93. The van der Waals surface area contributed by atoms with Gasteiger partial charge in [0.1, 0.15) is 0 Å². The van der Waals surface area contributed by atoms with Crippen LogP contribution in [0.15, 0.2) is 0 Å². The molecule has 22 heavy (non-hydrogen) atoms. The normalized spacial score (nSPS) is 16.5. The van der Waals surface area contributed by atoms with Crippen LogP contribution in [0.2, 0.25) is 0 Å². The molecule has 6 nitrogen and oxygen atoms in total. The number of aliphatic hydroxyl groups is 1. The molecule has 0 saturated carbocycles. The van der Waals surface area contributed by atoms with Crippen molar-refractivity contribution >= 4 is 5.91 Å². The molecule has 1 saturated heterocycles. The van der Waals surface area contributed by atoms with Crippen LogP contribution in [0, 0.1) is 13.8 Å². The van der Waals surface area contributed by atoms with Crippen molar-refractivity contribution in [2.24, 2.45) is 7.05 Å². The van der Waals surface area contributed by atoms with Crippen molar-refractivity contribution in [3.05, 3.63) is 17.0 Å². The fraction of sp³-hybridized carbons (Fsp3) is 0.750. The number of hydrogen-bond donors (Lipinski definition) is 1. The minimum Gasteiger partial charge on any atom is -0.395 e. The van der Waals surface area contributed by atoms with Gasteiger partial charge in [-0.15, -0.1) is 0 Å². The molecule has 1 unspecified atom stereocenters. The second kappa shape index (κ2) is 7.24. The highest BCUT2D eigenvalue weighted by Gasteiger charge is 2.28. The average Bonchev–Trinajstić information content (AvgIpc) is 3.10. The summed E-state index contributed by atoms with van der Waals surface area (Å²) in [4.78, 5) is 16.6. The summed E-state index contributed by atoms with van der Waals surface area (Å²) >= 11 is 0. The van der Waals surface area contributed by atoms with E-state index in [-0.39, 0.29) is 18.6 Å². The fourth-order valence-corrected chi connectivity index (χ4v) is 3.15. The second-order valence-corrected chi connectivity index (χ2v) is 6.18. The van der Waals surface area contributed by atoms with Crippen LogP contribution in [-0.2, 0) is 18.4 Å². The number of carbonyl (C=O) groups excluding carboxylic acids is 1. The van der Waals surface area contributed by atoms with Gasteiger partial charge in [0.2, 0.25) is 5.91 Å². The molecule has 1 atom stereocenters. The van der Waals surface area contributed by atoms with Crippen LogP contribution in [0.4, 0.5) is 0 Å². The quantitative estimate of drug-likeness (QED) is 0.846. The van der Waals surface area contributed by atoms with Gasteiger partial charge >= 0.3 is 0 Å². The lowest BCUT2D eigenvalue weighted by Crippen LogP contribution is -2.47. The Morgan fingerprint density at radius 3 is 2.50 bits per heavy atom. The summed E-state index contributed by atoms with van der Waals surface area (Å²) in [6, 6.07) is -0.218. The SMILES string of the molecule is Cc1nn(C)c(C)c1CN(CCO)C(C)C(=O)N1CCCC1. The Bertz CT molecular complexity index is 520. The van der Waals surface area contributed by atoms with Crippen LogP contribution in [0.25, 0.3) is 0 Å². The number of aliphatic hydroxyl groups excluding tert-OH is 1. The lowest BCUT2D eigenvalue weighted by molar-refractivity contribution is -0.135. The zero-order valence-electron chi connectivity index (χ0n) is 14.2. The Balaban J connectivity index is 2.13. The molecule has 1 amide bonds. The number of aryl methyl sites for hydroxylation is 2. The van der Waals surface area contributed by atoms with Crippen molar-refractivity contribution < 1.29 is 9.90 Å². The molecule has 1 aliphatic heterocycles. The first-order chi connectivity index (χ1) is 10.5. The van der Waals surface area contributed by atoms with E-state index in [1.165, 1.54) is 0 Å². The van der Waals surface area contributed by atoms with Crippen molar-refractivity contribution in [2.75, 3.05) is 26.2 Å². The molecule has 1 aliphatic rings. The lowest BCUT2D eigenvalue weighted by atomic mass is 10.1. The molecule has 0 spiro atoms. The van der Waals surface area contributed by atoms with Crippen LogP contribution in [-0.4, -0.2) is 62.9 Å². The van der Waals surface area contributed by atoms with Crippen molar-refractivity contribution in [1.82, 2.24) is 19.6 Å². The summed E-state index contributed by atoms with van der Waals surface area (Å²) in [6.07, 6.45) is 2.19. The standard InChI is InChI=1S/C16H28N4O2/c1-12-15(13(2)18(4)17-12)11-20(9-10-21)14(3)16(22)19-7-5-6-8-19/h14,21H,5-11H2,1-4H3. The van der Waals surface area contributed by atoms with E-state index in [2.05, 4.69) is 10.00 Å². The largest absolute Gasteiger partial charge is 0.395 e. The lowest BCUT2D eigenvalue weighted by Gasteiger charge is -2.30. The van der Waals surface area contributed by atoms with Gasteiger partial charge in [-0.1, -0.05) is 0 Å². The predicted octanol–water partition coefficient (Wildman–Crippen LogP) is 0.842. The minimum absolute atomic E-state index is 0.0516. The van der Waals surface area contributed by atoms with Gasteiger partial charge in [-0.2, -0.15) is 5.10 Å². The highest BCUT2D eigenvalue weighted by molar-refractivity contribution is 5.81. The molecule has 0 bridgehead atoms. The summed E-state index contributed by atoms with van der Waals surface area (Å²) in [5, 5.41) is 13.8. The van der Waals surface area contributed by atoms with E-state index in [1.54, 1.807) is 0 Å². The second-order valence-electron chi connectivity index (χ2n) is 6.18. The van der Waals surface area contributed by atoms with Crippen LogP contribution in [0.3, 0.4) is 0 Å². The molecule has 6 heteroatoms. The van der Waals surface area contributed by atoms with Crippen LogP contribution in [0.5, 0.6) is 0 Å². The molecule has 0 aliphatic carbocycles. The zero-order chi connectivity index (χ0) is 16.3. The van der Waals surface area contributed by atoms with Gasteiger partial charge in [0.15, 0.2) is 0 Å². The van der Waals surface area contributed by atoms with E-state index < -0.39 is 0 Å². The Labute approximate surface area is 132 Å². The Morgan fingerprint density at radius 2 is 2.00 bits per heavy atom. The van der Waals surface area contributed by atoms with Crippen LogP contribution in [0.1, 0.15) is 36.7 Å². The van der Waals surface area contributed by atoms with E-state index in [0.29, 0.717) is 13.1 Å². The first-order valence-corrected chi connectivity index (χ1v) is 8.08. The van der Waals surface area contributed by atoms with Gasteiger partial charge in [-0.3, -0.25) is 14.4 Å². The van der Waals surface area contributed by atoms with Gasteiger partial charge in [-0.05, 0) is 33.6 Å². The minimum atomic E-state index is -0.218. The van der Waals surface area contributed by atoms with Crippen LogP contribution < -0.4 is 0 Å². The van der Waals surface area contributed by atoms with E-state index in [0.717, 1.165) is 42.9 Å². The predicted molar refractivity (Wildman–Crippen MR) is 85.5 cm³/mol. The maximum absolute atomic E-state index is 12.6. The third-order valence-corrected chi connectivity index (χ3v) is 4.73. The molecule has 0 radical (unpaired) electrons. The summed E-state index contributed by atoms with van der Waals surface area (Å²) in [6.45, 7) is 8.89. The van der Waals surface area contributed by atoms with Crippen molar-refractivity contribution in [1.29, 1.82) is 0 Å². The van der Waals surface area contributed by atoms with Gasteiger partial charge in [0.25, 0.3) is 0 Å². The number of carbonyl (C=O) groups is 1. The van der Waals surface area contributed by atoms with E-state index >= 15 is 0 Å². The smallest absolute Gasteiger partial charge is 0.239 e. The maximum Gasteiger partial charge on any atom is 0.239 e. The van der Waals surface area contributed by atoms with Gasteiger partial charge in [-0.25, -0.2) is 0 Å². The highest BCUT2D eigenvalue weighted by atomic mass is 16.3. The molecular weight excluding hydrogens is 280 g/mol. The van der Waals surface area contributed by atoms with Crippen molar-refractivity contribution in [3.63, 3.8) is 0 Å². The zero-order valence-corrected chi connectivity index (χ0v) is 14.2. The molecule has 1 N–H and O–H groups in total. The summed E-state index contributed by atoms with van der Waals surface area (Å²) in [5.74, 6) is 0.171. The molecular formula is C16H28N4O2. The third kappa shape index (κ3) is 3.50. The summed E-state index contributed by atoms with van der Waals surface area (Å²) < 4.78 is 1.87. The van der Waals surface area contributed by atoms with Gasteiger partial charge in [0.05, 0.1) is 18.3 Å². The molecule has 1 aromatic heterocycles. The Hall–Kier alpha value is -1.40. The maximum atomic E-state index is 12.6. The summed E-state index contributed by atoms with van der Waals surface area (Å²) in [5.41, 5.74) is 3.25. The average molecular weight is 308 g/mol. The Kier molecular flexibility index (Phi) is 5.58. The third-order valence-electron chi connectivity index (χ3n) is 4.73. The first-order valence-electron chi connectivity index (χ1n) is 8.08. The number of hydrogen-bond acceptors (Lipinski definition) is 4. The van der Waals surface area contributed by atoms with E-state index in [1.807, 2.05) is 37.4 Å². The number of nitrogens with zero attached hydrogens (tertiary/aromatic N) is 4. The number of likely N-dealkylation sites (tertiary alicyclic amines) is 1. The molecule has 124 valence electrons. The van der Waals surface area contributed by atoms with Crippen LogP contribution >= 0.6 is 0 Å². The number of rotatable bonds is 6. The van der Waals surface area contributed by atoms with Gasteiger partial charge < -0.3 is 10.0 Å². The van der Waals surface area contributed by atoms with Crippen molar-refractivity contribution in [2.45, 2.75) is 46.2 Å². The molecule has 0 aromatic carbocycles. The van der Waals surface area contributed by atoms with E-state index in [9.17, 15) is 9.90 Å².